The van der Waals surface area contributed by atoms with Crippen molar-refractivity contribution in [3.8, 4) is 0 Å². The molecule has 2 atom stereocenters. The Kier molecular flexibility index (Phi) is 5.21. The number of morpholine rings is 1. The van der Waals surface area contributed by atoms with Crippen molar-refractivity contribution in [2.24, 2.45) is 0 Å². The Morgan fingerprint density at radius 2 is 2.24 bits per heavy atom. The Bertz CT molecular complexity index is 283. The molecule has 1 aliphatic heterocycles. The van der Waals surface area contributed by atoms with Gasteiger partial charge < -0.3 is 20.1 Å². The van der Waals surface area contributed by atoms with Crippen molar-refractivity contribution in [2.45, 2.75) is 38.8 Å². The molecule has 0 spiro atoms. The van der Waals surface area contributed by atoms with Gasteiger partial charge in [0.15, 0.2) is 0 Å². The summed E-state index contributed by atoms with van der Waals surface area (Å²) < 4.78 is 5.29. The smallest absolute Gasteiger partial charge is 0.326 e. The number of hydrogen-bond donors (Lipinski definition) is 2. The topological polar surface area (TPSA) is 78.9 Å². The van der Waals surface area contributed by atoms with Gasteiger partial charge in [-0.2, -0.15) is 0 Å². The quantitative estimate of drug-likeness (QED) is 0.762. The number of carbonyl (C=O) groups is 2. The summed E-state index contributed by atoms with van der Waals surface area (Å²) in [5, 5.41) is 11.4. The van der Waals surface area contributed by atoms with Gasteiger partial charge in [-0.15, -0.1) is 0 Å². The Hall–Kier alpha value is -1.30. The van der Waals surface area contributed by atoms with E-state index >= 15 is 0 Å². The fourth-order valence-electron chi connectivity index (χ4n) is 1.83. The molecule has 0 bridgehead atoms. The fourth-order valence-corrected chi connectivity index (χ4v) is 1.83. The van der Waals surface area contributed by atoms with Crippen LogP contribution in [-0.2, 0) is 9.53 Å². The second-order valence-electron chi connectivity index (χ2n) is 4.08. The maximum absolute atomic E-state index is 11.9. The van der Waals surface area contributed by atoms with Crippen molar-refractivity contribution in [3.05, 3.63) is 0 Å². The molecular formula is C11H20N2O4. The largest absolute Gasteiger partial charge is 0.480 e. The van der Waals surface area contributed by atoms with Gasteiger partial charge in [0, 0.05) is 6.54 Å². The third-order valence-corrected chi connectivity index (χ3v) is 2.96. The predicted molar refractivity (Wildman–Crippen MR) is 61.9 cm³/mol. The fraction of sp³-hybridized carbons (Fsp3) is 0.818. The minimum atomic E-state index is -0.998. The second kappa shape index (κ2) is 6.44. The number of rotatable bonds is 4. The van der Waals surface area contributed by atoms with E-state index in [-0.39, 0.29) is 12.1 Å². The average Bonchev–Trinajstić information content (AvgIpc) is 2.35. The summed E-state index contributed by atoms with van der Waals surface area (Å²) in [6.45, 7) is 5.26. The number of urea groups is 1. The first-order valence-electron chi connectivity index (χ1n) is 5.97. The maximum atomic E-state index is 11.9. The predicted octanol–water partition coefficient (Wildman–Crippen LogP) is 0.670. The molecule has 0 saturated carbocycles. The van der Waals surface area contributed by atoms with Gasteiger partial charge in [0.05, 0.1) is 19.3 Å². The van der Waals surface area contributed by atoms with Gasteiger partial charge in [0.1, 0.15) is 6.04 Å². The van der Waals surface area contributed by atoms with Crippen LogP contribution < -0.4 is 5.32 Å². The second-order valence-corrected chi connectivity index (χ2v) is 4.08. The molecule has 1 fully saturated rings. The van der Waals surface area contributed by atoms with Gasteiger partial charge in [-0.05, 0) is 12.8 Å². The highest BCUT2D eigenvalue weighted by atomic mass is 16.5. The summed E-state index contributed by atoms with van der Waals surface area (Å²) in [5.41, 5.74) is 0. The van der Waals surface area contributed by atoms with Crippen LogP contribution in [0.1, 0.15) is 26.7 Å². The molecule has 1 aliphatic rings. The van der Waals surface area contributed by atoms with E-state index in [0.717, 1.165) is 6.42 Å². The molecular weight excluding hydrogens is 224 g/mol. The number of hydrogen-bond acceptors (Lipinski definition) is 3. The SMILES string of the molecule is CCC(NC(=O)N1CCOCC1CC)C(=O)O. The van der Waals surface area contributed by atoms with E-state index in [2.05, 4.69) is 5.32 Å². The molecule has 2 unspecified atom stereocenters. The Balaban J connectivity index is 2.58. The van der Waals surface area contributed by atoms with Gasteiger partial charge >= 0.3 is 12.0 Å². The van der Waals surface area contributed by atoms with Crippen LogP contribution >= 0.6 is 0 Å². The molecule has 6 nitrogen and oxygen atoms in total. The van der Waals surface area contributed by atoms with E-state index in [1.807, 2.05) is 6.92 Å². The van der Waals surface area contributed by atoms with Gasteiger partial charge in [0.25, 0.3) is 0 Å². The first kappa shape index (κ1) is 13.8. The average molecular weight is 244 g/mol. The number of carboxylic acids is 1. The monoisotopic (exact) mass is 244 g/mol. The van der Waals surface area contributed by atoms with E-state index in [9.17, 15) is 9.59 Å². The minimum absolute atomic E-state index is 0.0371. The molecule has 6 heteroatoms. The highest BCUT2D eigenvalue weighted by molar-refractivity contribution is 5.82. The molecule has 1 rings (SSSR count). The summed E-state index contributed by atoms with van der Waals surface area (Å²) in [4.78, 5) is 24.4. The number of nitrogens with zero attached hydrogens (tertiary/aromatic N) is 1. The summed E-state index contributed by atoms with van der Waals surface area (Å²) >= 11 is 0. The van der Waals surface area contributed by atoms with Gasteiger partial charge in [-0.1, -0.05) is 13.8 Å². The van der Waals surface area contributed by atoms with Crippen molar-refractivity contribution < 1.29 is 19.4 Å². The summed E-state index contributed by atoms with van der Waals surface area (Å²) in [6, 6.07) is -1.09. The zero-order valence-electron chi connectivity index (χ0n) is 10.3. The van der Waals surface area contributed by atoms with E-state index in [0.29, 0.717) is 26.2 Å². The standard InChI is InChI=1S/C11H20N2O4/c1-3-8-7-17-6-5-13(8)11(16)12-9(4-2)10(14)15/h8-9H,3-7H2,1-2H3,(H,12,16)(H,14,15). The van der Waals surface area contributed by atoms with E-state index < -0.39 is 12.0 Å². The Morgan fingerprint density at radius 1 is 1.53 bits per heavy atom. The van der Waals surface area contributed by atoms with Crippen LogP contribution in [0, 0.1) is 0 Å². The third kappa shape index (κ3) is 3.59. The molecule has 98 valence electrons. The van der Waals surface area contributed by atoms with Crippen molar-refractivity contribution >= 4 is 12.0 Å². The van der Waals surface area contributed by atoms with Crippen molar-refractivity contribution in [1.29, 1.82) is 0 Å². The highest BCUT2D eigenvalue weighted by Crippen LogP contribution is 2.10. The molecule has 1 heterocycles. The zero-order valence-corrected chi connectivity index (χ0v) is 10.3. The molecule has 2 N–H and O–H groups in total. The van der Waals surface area contributed by atoms with E-state index in [1.54, 1.807) is 11.8 Å². The minimum Gasteiger partial charge on any atom is -0.480 e. The summed E-state index contributed by atoms with van der Waals surface area (Å²) in [6.07, 6.45) is 1.18. The van der Waals surface area contributed by atoms with E-state index in [1.165, 1.54) is 0 Å². The Labute approximate surface area is 101 Å². The molecule has 1 saturated heterocycles. The van der Waals surface area contributed by atoms with Crippen LogP contribution in [-0.4, -0.2) is 53.8 Å². The van der Waals surface area contributed by atoms with Crippen LogP contribution in [0.5, 0.6) is 0 Å². The number of nitrogens with one attached hydrogen (secondary N) is 1. The third-order valence-electron chi connectivity index (χ3n) is 2.96. The van der Waals surface area contributed by atoms with Crippen molar-refractivity contribution in [2.75, 3.05) is 19.8 Å². The van der Waals surface area contributed by atoms with Gasteiger partial charge in [-0.3, -0.25) is 0 Å². The molecule has 17 heavy (non-hydrogen) atoms. The number of amides is 2. The highest BCUT2D eigenvalue weighted by Gasteiger charge is 2.28. The number of aliphatic carboxylic acids is 1. The molecule has 0 aliphatic carbocycles. The van der Waals surface area contributed by atoms with Crippen molar-refractivity contribution in [3.63, 3.8) is 0 Å². The molecule has 2 amide bonds. The lowest BCUT2D eigenvalue weighted by Gasteiger charge is -2.35. The normalized spacial score (nSPS) is 22.0. The first-order chi connectivity index (χ1) is 8.10. The Morgan fingerprint density at radius 3 is 2.76 bits per heavy atom. The molecule has 0 aromatic heterocycles. The summed E-state index contributed by atoms with van der Waals surface area (Å²) in [7, 11) is 0. The number of carbonyl (C=O) groups excluding carboxylic acids is 1. The number of ether oxygens (including phenoxy) is 1. The molecule has 0 aromatic carbocycles. The van der Waals surface area contributed by atoms with Gasteiger partial charge in [0.2, 0.25) is 0 Å². The zero-order chi connectivity index (χ0) is 12.8. The van der Waals surface area contributed by atoms with E-state index in [4.69, 9.17) is 9.84 Å². The lowest BCUT2D eigenvalue weighted by molar-refractivity contribution is -0.139. The first-order valence-corrected chi connectivity index (χ1v) is 5.97. The van der Waals surface area contributed by atoms with Crippen LogP contribution in [0.25, 0.3) is 0 Å². The summed E-state index contributed by atoms with van der Waals surface area (Å²) in [5.74, 6) is -0.998. The van der Waals surface area contributed by atoms with Crippen LogP contribution in [0.15, 0.2) is 0 Å². The van der Waals surface area contributed by atoms with Crippen LogP contribution in [0.2, 0.25) is 0 Å². The van der Waals surface area contributed by atoms with Crippen molar-refractivity contribution in [1.82, 2.24) is 10.2 Å². The lowest BCUT2D eigenvalue weighted by atomic mass is 10.2. The molecule has 0 radical (unpaired) electrons. The molecule has 0 aromatic rings. The van der Waals surface area contributed by atoms with Crippen LogP contribution in [0.3, 0.4) is 0 Å². The number of carboxylic acid groups (broad SMARTS) is 1. The van der Waals surface area contributed by atoms with Gasteiger partial charge in [-0.25, -0.2) is 9.59 Å². The van der Waals surface area contributed by atoms with Crippen LogP contribution in [0.4, 0.5) is 4.79 Å². The maximum Gasteiger partial charge on any atom is 0.326 e. The lowest BCUT2D eigenvalue weighted by Crippen LogP contribution is -2.55.